The lowest BCUT2D eigenvalue weighted by Gasteiger charge is -2.50. The molecule has 1 aromatic rings. The van der Waals surface area contributed by atoms with Crippen LogP contribution in [0.4, 0.5) is 4.39 Å². The first-order chi connectivity index (χ1) is 9.53. The van der Waals surface area contributed by atoms with Crippen molar-refractivity contribution in [3.05, 3.63) is 29.6 Å². The molecule has 2 unspecified atom stereocenters. The number of fused-ring (bicyclic) bond motifs is 2. The van der Waals surface area contributed by atoms with Crippen LogP contribution in [0.5, 0.6) is 5.75 Å². The molecule has 0 spiro atoms. The van der Waals surface area contributed by atoms with Crippen LogP contribution in [0.15, 0.2) is 18.2 Å². The molecule has 0 amide bonds. The summed E-state index contributed by atoms with van der Waals surface area (Å²) in [5, 5.41) is 11.0. The summed E-state index contributed by atoms with van der Waals surface area (Å²) in [6.07, 6.45) is 0.953. The molecule has 5 heteroatoms. The molecule has 2 fully saturated rings. The van der Waals surface area contributed by atoms with Crippen molar-refractivity contribution in [1.82, 2.24) is 4.90 Å². The molecule has 4 nitrogen and oxygen atoms in total. The molecular formula is C15H20FNO3. The molecule has 20 heavy (non-hydrogen) atoms. The summed E-state index contributed by atoms with van der Waals surface area (Å²) in [5.41, 5.74) is -0.814. The highest BCUT2D eigenvalue weighted by atomic mass is 19.1. The molecule has 2 aliphatic heterocycles. The van der Waals surface area contributed by atoms with E-state index in [1.54, 1.807) is 12.1 Å². The van der Waals surface area contributed by atoms with Gasteiger partial charge in [0, 0.05) is 17.6 Å². The Kier molecular flexibility index (Phi) is 3.44. The van der Waals surface area contributed by atoms with Crippen LogP contribution in [0.2, 0.25) is 0 Å². The molecule has 110 valence electrons. The number of halogens is 1. The molecule has 2 aliphatic rings. The summed E-state index contributed by atoms with van der Waals surface area (Å²) in [7, 11) is 3.58. The van der Waals surface area contributed by atoms with Crippen LogP contribution < -0.4 is 4.74 Å². The van der Waals surface area contributed by atoms with Gasteiger partial charge in [0.25, 0.3) is 0 Å². The number of hydrogen-bond acceptors (Lipinski definition) is 4. The van der Waals surface area contributed by atoms with E-state index in [0.29, 0.717) is 37.4 Å². The Labute approximate surface area is 118 Å². The summed E-state index contributed by atoms with van der Waals surface area (Å²) in [6.45, 7) is 1.17. The van der Waals surface area contributed by atoms with E-state index in [2.05, 4.69) is 4.90 Å². The number of methoxy groups -OCH3 is 1. The maximum atomic E-state index is 14.1. The van der Waals surface area contributed by atoms with Crippen LogP contribution in [0.1, 0.15) is 18.4 Å². The van der Waals surface area contributed by atoms with E-state index in [0.717, 1.165) is 0 Å². The second-order valence-corrected chi connectivity index (χ2v) is 5.80. The first kappa shape index (κ1) is 13.8. The fourth-order valence-electron chi connectivity index (χ4n) is 3.35. The highest BCUT2D eigenvalue weighted by Gasteiger charge is 2.46. The van der Waals surface area contributed by atoms with Gasteiger partial charge in [-0.2, -0.15) is 0 Å². The minimum absolute atomic E-state index is 0.123. The minimum Gasteiger partial charge on any atom is -0.497 e. The third-order valence-electron chi connectivity index (χ3n) is 4.59. The molecule has 0 saturated carbocycles. The largest absolute Gasteiger partial charge is 0.497 e. The topological polar surface area (TPSA) is 41.9 Å². The second kappa shape index (κ2) is 4.98. The fraction of sp³-hybridized carbons (Fsp3) is 0.600. The zero-order chi connectivity index (χ0) is 14.3. The summed E-state index contributed by atoms with van der Waals surface area (Å²) in [6, 6.07) is 4.78. The monoisotopic (exact) mass is 281 g/mol. The number of morpholine rings is 1. The van der Waals surface area contributed by atoms with Crippen LogP contribution in [-0.4, -0.2) is 49.5 Å². The van der Waals surface area contributed by atoms with Crippen LogP contribution in [0.25, 0.3) is 0 Å². The molecule has 2 heterocycles. The third kappa shape index (κ3) is 2.20. The molecule has 3 rings (SSSR count). The lowest BCUT2D eigenvalue weighted by atomic mass is 9.77. The van der Waals surface area contributed by atoms with Crippen molar-refractivity contribution < 1.29 is 19.0 Å². The average molecular weight is 281 g/mol. The molecule has 1 aromatic carbocycles. The summed E-state index contributed by atoms with van der Waals surface area (Å²) in [4.78, 5) is 2.23. The normalized spacial score (nSPS) is 34.0. The fourth-order valence-corrected chi connectivity index (χ4v) is 3.35. The number of piperidine rings is 1. The van der Waals surface area contributed by atoms with Crippen molar-refractivity contribution in [2.45, 2.75) is 30.5 Å². The second-order valence-electron chi connectivity index (χ2n) is 5.80. The smallest absolute Gasteiger partial charge is 0.129 e. The standard InChI is InChI=1S/C15H20FNO3/c1-17-10-6-15(18,7-11(17)9-20-8-10)13-5-12(19-2)3-4-14(13)16/h3-5,10-11,18H,6-9H2,1-2H3. The van der Waals surface area contributed by atoms with Gasteiger partial charge in [-0.15, -0.1) is 0 Å². The van der Waals surface area contributed by atoms with Gasteiger partial charge in [-0.1, -0.05) is 0 Å². The third-order valence-corrected chi connectivity index (χ3v) is 4.59. The van der Waals surface area contributed by atoms with Gasteiger partial charge in [0.2, 0.25) is 0 Å². The van der Waals surface area contributed by atoms with Crippen LogP contribution in [0.3, 0.4) is 0 Å². The predicted octanol–water partition coefficient (Wildman–Crippen LogP) is 1.51. The van der Waals surface area contributed by atoms with Gasteiger partial charge >= 0.3 is 0 Å². The van der Waals surface area contributed by atoms with Gasteiger partial charge in [0.1, 0.15) is 11.6 Å². The highest BCUT2D eigenvalue weighted by molar-refractivity contribution is 5.34. The number of benzene rings is 1. The summed E-state index contributed by atoms with van der Waals surface area (Å²) < 4.78 is 24.8. The zero-order valence-corrected chi connectivity index (χ0v) is 11.8. The SMILES string of the molecule is COc1ccc(F)c(C2(O)CC3COCC(C2)N3C)c1. The van der Waals surface area contributed by atoms with Crippen molar-refractivity contribution in [2.24, 2.45) is 0 Å². The quantitative estimate of drug-likeness (QED) is 0.892. The molecule has 0 aliphatic carbocycles. The highest BCUT2D eigenvalue weighted by Crippen LogP contribution is 2.42. The molecule has 2 saturated heterocycles. The van der Waals surface area contributed by atoms with Crippen LogP contribution in [-0.2, 0) is 10.3 Å². The zero-order valence-electron chi connectivity index (χ0n) is 11.8. The Morgan fingerprint density at radius 2 is 2.00 bits per heavy atom. The Hall–Kier alpha value is -1.17. The number of hydrogen-bond donors (Lipinski definition) is 1. The van der Waals surface area contributed by atoms with Gasteiger partial charge in [-0.3, -0.25) is 4.90 Å². The summed E-state index contributed by atoms with van der Waals surface area (Å²) in [5.74, 6) is 0.187. The van der Waals surface area contributed by atoms with Crippen LogP contribution in [0, 0.1) is 5.82 Å². The van der Waals surface area contributed by atoms with E-state index in [1.807, 2.05) is 7.05 Å². The van der Waals surface area contributed by atoms with Crippen molar-refractivity contribution in [1.29, 1.82) is 0 Å². The van der Waals surface area contributed by atoms with Crippen LogP contribution >= 0.6 is 0 Å². The first-order valence-corrected chi connectivity index (χ1v) is 6.89. The van der Waals surface area contributed by atoms with E-state index in [4.69, 9.17) is 9.47 Å². The minimum atomic E-state index is -1.15. The maximum Gasteiger partial charge on any atom is 0.129 e. The number of likely N-dealkylation sites (N-methyl/N-ethyl adjacent to an activating group) is 1. The van der Waals surface area contributed by atoms with Gasteiger partial charge in [-0.05, 0) is 38.1 Å². The lowest BCUT2D eigenvalue weighted by molar-refractivity contribution is -0.138. The van der Waals surface area contributed by atoms with E-state index in [1.165, 1.54) is 13.2 Å². The molecular weight excluding hydrogens is 261 g/mol. The van der Waals surface area contributed by atoms with E-state index < -0.39 is 5.60 Å². The number of nitrogens with zero attached hydrogens (tertiary/aromatic N) is 1. The van der Waals surface area contributed by atoms with Gasteiger partial charge in [0.15, 0.2) is 0 Å². The van der Waals surface area contributed by atoms with Crippen molar-refractivity contribution in [3.63, 3.8) is 0 Å². The summed E-state index contributed by atoms with van der Waals surface area (Å²) >= 11 is 0. The van der Waals surface area contributed by atoms with E-state index >= 15 is 0 Å². The lowest BCUT2D eigenvalue weighted by Crippen LogP contribution is -2.59. The molecule has 1 N–H and O–H groups in total. The first-order valence-electron chi connectivity index (χ1n) is 6.89. The van der Waals surface area contributed by atoms with E-state index in [9.17, 15) is 9.50 Å². The van der Waals surface area contributed by atoms with Gasteiger partial charge in [-0.25, -0.2) is 4.39 Å². The van der Waals surface area contributed by atoms with E-state index in [-0.39, 0.29) is 17.9 Å². The molecule has 0 radical (unpaired) electrons. The number of rotatable bonds is 2. The Bertz CT molecular complexity index is 494. The molecule has 2 atom stereocenters. The number of ether oxygens (including phenoxy) is 2. The van der Waals surface area contributed by atoms with Crippen molar-refractivity contribution in [2.75, 3.05) is 27.4 Å². The molecule has 0 aromatic heterocycles. The van der Waals surface area contributed by atoms with Gasteiger partial charge < -0.3 is 14.6 Å². The number of aliphatic hydroxyl groups is 1. The van der Waals surface area contributed by atoms with Crippen molar-refractivity contribution in [3.8, 4) is 5.75 Å². The average Bonchev–Trinajstić information content (AvgIpc) is 2.41. The Balaban J connectivity index is 1.96. The maximum absolute atomic E-state index is 14.1. The Morgan fingerprint density at radius 1 is 1.35 bits per heavy atom. The van der Waals surface area contributed by atoms with Crippen molar-refractivity contribution >= 4 is 0 Å². The predicted molar refractivity (Wildman–Crippen MR) is 72.2 cm³/mol. The Morgan fingerprint density at radius 3 is 2.60 bits per heavy atom. The molecule has 2 bridgehead atoms. The van der Waals surface area contributed by atoms with Gasteiger partial charge in [0.05, 0.1) is 25.9 Å².